The van der Waals surface area contributed by atoms with Crippen LogP contribution in [0.25, 0.3) is 0 Å². The van der Waals surface area contributed by atoms with Crippen LogP contribution in [0.2, 0.25) is 0 Å². The van der Waals surface area contributed by atoms with Gasteiger partial charge in [-0.2, -0.15) is 0 Å². The summed E-state index contributed by atoms with van der Waals surface area (Å²) in [6.07, 6.45) is 13.6. The van der Waals surface area contributed by atoms with Gasteiger partial charge in [-0.15, -0.1) is 0 Å². The van der Waals surface area contributed by atoms with Gasteiger partial charge in [0.15, 0.2) is 0 Å². The Morgan fingerprint density at radius 1 is 1.08 bits per heavy atom. The molecule has 2 heterocycles. The van der Waals surface area contributed by atoms with Crippen molar-refractivity contribution in [1.29, 1.82) is 0 Å². The molecule has 0 aromatic heterocycles. The van der Waals surface area contributed by atoms with E-state index in [0.717, 1.165) is 32.6 Å². The van der Waals surface area contributed by atoms with Crippen LogP contribution < -0.4 is 0 Å². The Kier molecular flexibility index (Phi) is 6.56. The van der Waals surface area contributed by atoms with Crippen molar-refractivity contribution in [3.63, 3.8) is 0 Å². The molecule has 24 heavy (non-hydrogen) atoms. The summed E-state index contributed by atoms with van der Waals surface area (Å²) in [7, 11) is 2.03. The molecule has 1 amide bonds. The quantitative estimate of drug-likeness (QED) is 0.771. The van der Waals surface area contributed by atoms with Gasteiger partial charge in [-0.1, -0.05) is 25.7 Å². The standard InChI is InChI=1S/C20H36N2O2/c1-21(19(23)15-18-9-8-14-24-16-18)17-20(10-4-2-5-11-20)22-12-6-3-7-13-22/h18H,2-17H2,1H3. The molecule has 3 aliphatic rings. The first-order chi connectivity index (χ1) is 11.7. The maximum Gasteiger partial charge on any atom is 0.222 e. The Hall–Kier alpha value is -0.610. The van der Waals surface area contributed by atoms with E-state index in [2.05, 4.69) is 9.80 Å². The summed E-state index contributed by atoms with van der Waals surface area (Å²) >= 11 is 0. The van der Waals surface area contributed by atoms with Crippen LogP contribution >= 0.6 is 0 Å². The SMILES string of the molecule is CN(CC1(N2CCCCC2)CCCCC1)C(=O)CC1CCCOC1. The second-order valence-corrected chi connectivity index (χ2v) is 8.37. The summed E-state index contributed by atoms with van der Waals surface area (Å²) in [5.74, 6) is 0.762. The number of hydrogen-bond acceptors (Lipinski definition) is 3. The minimum Gasteiger partial charge on any atom is -0.381 e. The molecule has 0 N–H and O–H groups in total. The fraction of sp³-hybridized carbons (Fsp3) is 0.950. The highest BCUT2D eigenvalue weighted by atomic mass is 16.5. The second-order valence-electron chi connectivity index (χ2n) is 8.37. The molecular weight excluding hydrogens is 300 g/mol. The third-order valence-electron chi connectivity index (χ3n) is 6.49. The monoisotopic (exact) mass is 336 g/mol. The summed E-state index contributed by atoms with van der Waals surface area (Å²) in [6, 6.07) is 0. The fourth-order valence-corrected chi connectivity index (χ4v) is 5.05. The molecule has 4 nitrogen and oxygen atoms in total. The van der Waals surface area contributed by atoms with Crippen molar-refractivity contribution >= 4 is 5.91 Å². The molecule has 1 atom stereocenters. The second kappa shape index (κ2) is 8.66. The number of amides is 1. The van der Waals surface area contributed by atoms with Gasteiger partial charge in [0.1, 0.15) is 0 Å². The zero-order valence-electron chi connectivity index (χ0n) is 15.6. The fourth-order valence-electron chi connectivity index (χ4n) is 5.05. The normalized spacial score (nSPS) is 28.5. The van der Waals surface area contributed by atoms with Crippen molar-refractivity contribution in [3.05, 3.63) is 0 Å². The molecule has 138 valence electrons. The van der Waals surface area contributed by atoms with Crippen LogP contribution in [0.15, 0.2) is 0 Å². The third-order valence-corrected chi connectivity index (χ3v) is 6.49. The summed E-state index contributed by atoms with van der Waals surface area (Å²) < 4.78 is 5.55. The van der Waals surface area contributed by atoms with E-state index in [0.29, 0.717) is 18.2 Å². The Morgan fingerprint density at radius 2 is 1.79 bits per heavy atom. The van der Waals surface area contributed by atoms with Gasteiger partial charge >= 0.3 is 0 Å². The summed E-state index contributed by atoms with van der Waals surface area (Å²) in [5.41, 5.74) is 0.256. The molecule has 0 aromatic carbocycles. The lowest BCUT2D eigenvalue weighted by atomic mass is 9.78. The molecule has 2 saturated heterocycles. The lowest BCUT2D eigenvalue weighted by molar-refractivity contribution is -0.134. The van der Waals surface area contributed by atoms with Crippen LogP contribution in [0.5, 0.6) is 0 Å². The number of likely N-dealkylation sites (tertiary alicyclic amines) is 1. The Bertz CT molecular complexity index is 394. The maximum absolute atomic E-state index is 12.8. The molecule has 4 heteroatoms. The number of likely N-dealkylation sites (N-methyl/N-ethyl adjacent to an activating group) is 1. The highest BCUT2D eigenvalue weighted by Crippen LogP contribution is 2.36. The van der Waals surface area contributed by atoms with Crippen molar-refractivity contribution in [2.75, 3.05) is 39.9 Å². The average Bonchev–Trinajstić information content (AvgIpc) is 2.64. The van der Waals surface area contributed by atoms with Crippen LogP contribution in [-0.4, -0.2) is 61.1 Å². The van der Waals surface area contributed by atoms with Crippen molar-refractivity contribution < 1.29 is 9.53 Å². The lowest BCUT2D eigenvalue weighted by Gasteiger charge is -2.50. The molecule has 2 aliphatic heterocycles. The largest absolute Gasteiger partial charge is 0.381 e. The molecule has 0 spiro atoms. The van der Waals surface area contributed by atoms with Crippen LogP contribution in [0, 0.1) is 5.92 Å². The van der Waals surface area contributed by atoms with Gasteiger partial charge in [-0.3, -0.25) is 9.69 Å². The summed E-state index contributed by atoms with van der Waals surface area (Å²) in [6.45, 7) is 5.05. The molecule has 1 unspecified atom stereocenters. The van der Waals surface area contributed by atoms with E-state index in [1.165, 1.54) is 64.5 Å². The predicted octanol–water partition coefficient (Wildman–Crippen LogP) is 3.45. The number of piperidine rings is 1. The summed E-state index contributed by atoms with van der Waals surface area (Å²) in [4.78, 5) is 17.6. The molecular formula is C20H36N2O2. The average molecular weight is 337 g/mol. The molecule has 3 rings (SSSR count). The number of nitrogens with zero attached hydrogens (tertiary/aromatic N) is 2. The Morgan fingerprint density at radius 3 is 2.46 bits per heavy atom. The van der Waals surface area contributed by atoms with Gasteiger partial charge in [0.2, 0.25) is 5.91 Å². The van der Waals surface area contributed by atoms with E-state index in [4.69, 9.17) is 4.74 Å². The smallest absolute Gasteiger partial charge is 0.222 e. The molecule has 3 fully saturated rings. The third kappa shape index (κ3) is 4.51. The first-order valence-electron chi connectivity index (χ1n) is 10.3. The van der Waals surface area contributed by atoms with Gasteiger partial charge < -0.3 is 9.64 Å². The molecule has 1 saturated carbocycles. The van der Waals surface area contributed by atoms with Crippen molar-refractivity contribution in [2.24, 2.45) is 5.92 Å². The van der Waals surface area contributed by atoms with Crippen LogP contribution in [0.4, 0.5) is 0 Å². The molecule has 0 bridgehead atoms. The minimum atomic E-state index is 0.256. The van der Waals surface area contributed by atoms with Crippen LogP contribution in [-0.2, 0) is 9.53 Å². The Labute approximate surface area is 147 Å². The van der Waals surface area contributed by atoms with Gasteiger partial charge in [-0.05, 0) is 57.5 Å². The number of rotatable bonds is 5. The molecule has 0 aromatic rings. The molecule has 0 radical (unpaired) electrons. The zero-order valence-corrected chi connectivity index (χ0v) is 15.6. The maximum atomic E-state index is 12.8. The van der Waals surface area contributed by atoms with Crippen LogP contribution in [0.3, 0.4) is 0 Å². The van der Waals surface area contributed by atoms with E-state index in [9.17, 15) is 4.79 Å². The zero-order chi connectivity index (χ0) is 16.8. The number of hydrogen-bond donors (Lipinski definition) is 0. The van der Waals surface area contributed by atoms with E-state index < -0.39 is 0 Å². The van der Waals surface area contributed by atoms with Gasteiger partial charge in [-0.25, -0.2) is 0 Å². The van der Waals surface area contributed by atoms with Gasteiger partial charge in [0.05, 0.1) is 0 Å². The topological polar surface area (TPSA) is 32.8 Å². The van der Waals surface area contributed by atoms with Gasteiger partial charge in [0.25, 0.3) is 0 Å². The van der Waals surface area contributed by atoms with Crippen LogP contribution in [0.1, 0.15) is 70.6 Å². The first-order valence-corrected chi connectivity index (χ1v) is 10.3. The number of ether oxygens (including phenoxy) is 1. The first kappa shape index (κ1) is 18.2. The van der Waals surface area contributed by atoms with E-state index in [1.54, 1.807) is 0 Å². The Balaban J connectivity index is 1.59. The van der Waals surface area contributed by atoms with E-state index in [-0.39, 0.29) is 5.54 Å². The summed E-state index contributed by atoms with van der Waals surface area (Å²) in [5, 5.41) is 0. The highest BCUT2D eigenvalue weighted by Gasteiger charge is 2.40. The minimum absolute atomic E-state index is 0.256. The van der Waals surface area contributed by atoms with Crippen molar-refractivity contribution in [3.8, 4) is 0 Å². The predicted molar refractivity (Wildman–Crippen MR) is 97.0 cm³/mol. The van der Waals surface area contributed by atoms with Gasteiger partial charge in [0, 0.05) is 38.8 Å². The highest BCUT2D eigenvalue weighted by molar-refractivity contribution is 5.76. The number of carbonyl (C=O) groups excluding carboxylic acids is 1. The number of carbonyl (C=O) groups is 1. The molecule has 1 aliphatic carbocycles. The van der Waals surface area contributed by atoms with E-state index in [1.807, 2.05) is 7.05 Å². The van der Waals surface area contributed by atoms with Crippen molar-refractivity contribution in [2.45, 2.75) is 76.2 Å². The van der Waals surface area contributed by atoms with Crippen molar-refractivity contribution in [1.82, 2.24) is 9.80 Å². The van der Waals surface area contributed by atoms with E-state index >= 15 is 0 Å². The lowest BCUT2D eigenvalue weighted by Crippen LogP contribution is -2.58.